The average molecular weight is 277 g/mol. The van der Waals surface area contributed by atoms with Crippen molar-refractivity contribution in [2.45, 2.75) is 38.7 Å². The van der Waals surface area contributed by atoms with Gasteiger partial charge in [-0.05, 0) is 49.8 Å². The lowest BCUT2D eigenvalue weighted by Gasteiger charge is -2.11. The van der Waals surface area contributed by atoms with E-state index >= 15 is 0 Å². The molecule has 0 aliphatic heterocycles. The van der Waals surface area contributed by atoms with Crippen LogP contribution in [0.1, 0.15) is 43.0 Å². The van der Waals surface area contributed by atoms with Crippen molar-refractivity contribution >= 4 is 5.91 Å². The van der Waals surface area contributed by atoms with Gasteiger partial charge in [0, 0.05) is 12.1 Å². The van der Waals surface area contributed by atoms with E-state index in [9.17, 15) is 9.90 Å². The van der Waals surface area contributed by atoms with Gasteiger partial charge in [-0.3, -0.25) is 4.79 Å². The van der Waals surface area contributed by atoms with Crippen LogP contribution in [0.5, 0.6) is 5.75 Å². The lowest BCUT2D eigenvalue weighted by atomic mass is 10.1. The number of amides is 1. The maximum atomic E-state index is 12.1. The highest BCUT2D eigenvalue weighted by Gasteiger charge is 2.23. The summed E-state index contributed by atoms with van der Waals surface area (Å²) in [6.45, 7) is 3.34. The molecule has 1 aromatic carbocycles. The number of benzene rings is 1. The van der Waals surface area contributed by atoms with Gasteiger partial charge in [0.2, 0.25) is 0 Å². The molecule has 2 atom stereocenters. The largest absolute Gasteiger partial charge is 0.494 e. The van der Waals surface area contributed by atoms with E-state index in [4.69, 9.17) is 4.74 Å². The summed E-state index contributed by atoms with van der Waals surface area (Å²) in [5.41, 5.74) is 0.622. The first-order chi connectivity index (χ1) is 9.69. The molecule has 1 aliphatic carbocycles. The first-order valence-electron chi connectivity index (χ1n) is 7.38. The van der Waals surface area contributed by atoms with Gasteiger partial charge in [0.25, 0.3) is 5.91 Å². The zero-order valence-electron chi connectivity index (χ0n) is 12.0. The van der Waals surface area contributed by atoms with Crippen LogP contribution in [0.3, 0.4) is 0 Å². The van der Waals surface area contributed by atoms with E-state index in [0.29, 0.717) is 24.6 Å². The van der Waals surface area contributed by atoms with Crippen molar-refractivity contribution in [1.29, 1.82) is 0 Å². The second-order valence-electron chi connectivity index (χ2n) is 5.42. The highest BCUT2D eigenvalue weighted by Crippen LogP contribution is 2.24. The van der Waals surface area contributed by atoms with E-state index in [-0.39, 0.29) is 12.0 Å². The maximum absolute atomic E-state index is 12.1. The summed E-state index contributed by atoms with van der Waals surface area (Å²) < 4.78 is 5.52. The predicted molar refractivity (Wildman–Crippen MR) is 77.9 cm³/mol. The molecule has 0 aromatic heterocycles. The summed E-state index contributed by atoms with van der Waals surface area (Å²) >= 11 is 0. The molecule has 110 valence electrons. The first-order valence-corrected chi connectivity index (χ1v) is 7.38. The van der Waals surface area contributed by atoms with E-state index in [1.807, 2.05) is 19.1 Å². The van der Waals surface area contributed by atoms with Gasteiger partial charge < -0.3 is 15.2 Å². The molecule has 0 saturated heterocycles. The Labute approximate surface area is 120 Å². The van der Waals surface area contributed by atoms with Gasteiger partial charge in [-0.2, -0.15) is 0 Å². The standard InChI is InChI=1S/C16H23NO3/c1-2-8-20-15-5-3-4-13(10-15)16(19)17-11-12-6-7-14(18)9-12/h3-5,10,12,14,18H,2,6-9,11H2,1H3,(H,17,19). The smallest absolute Gasteiger partial charge is 0.251 e. The van der Waals surface area contributed by atoms with Crippen molar-refractivity contribution in [3.63, 3.8) is 0 Å². The summed E-state index contributed by atoms with van der Waals surface area (Å²) in [7, 11) is 0. The van der Waals surface area contributed by atoms with Gasteiger partial charge in [0.1, 0.15) is 5.75 Å². The molecular formula is C16H23NO3. The molecule has 1 aromatic rings. The lowest BCUT2D eigenvalue weighted by Crippen LogP contribution is -2.28. The summed E-state index contributed by atoms with van der Waals surface area (Å²) in [6, 6.07) is 7.26. The molecule has 0 spiro atoms. The number of hydrogen-bond donors (Lipinski definition) is 2. The lowest BCUT2D eigenvalue weighted by molar-refractivity contribution is 0.0944. The fourth-order valence-corrected chi connectivity index (χ4v) is 2.52. The number of nitrogens with one attached hydrogen (secondary N) is 1. The third kappa shape index (κ3) is 4.23. The Morgan fingerprint density at radius 3 is 3.00 bits per heavy atom. The zero-order valence-corrected chi connectivity index (χ0v) is 12.0. The summed E-state index contributed by atoms with van der Waals surface area (Å²) in [4.78, 5) is 12.1. The SMILES string of the molecule is CCCOc1cccc(C(=O)NCC2CCC(O)C2)c1. The van der Waals surface area contributed by atoms with Crippen molar-refractivity contribution in [3.8, 4) is 5.75 Å². The number of carbonyl (C=O) groups excluding carboxylic acids is 1. The molecule has 0 radical (unpaired) electrons. The van der Waals surface area contributed by atoms with Gasteiger partial charge in [0.15, 0.2) is 0 Å². The molecule has 20 heavy (non-hydrogen) atoms. The quantitative estimate of drug-likeness (QED) is 0.839. The fraction of sp³-hybridized carbons (Fsp3) is 0.562. The molecule has 1 saturated carbocycles. The Kier molecular flexibility index (Phi) is 5.41. The summed E-state index contributed by atoms with van der Waals surface area (Å²) in [6.07, 6.45) is 3.38. The number of ether oxygens (including phenoxy) is 1. The van der Waals surface area contributed by atoms with Crippen LogP contribution in [-0.2, 0) is 0 Å². The van der Waals surface area contributed by atoms with E-state index < -0.39 is 0 Å². The van der Waals surface area contributed by atoms with Gasteiger partial charge in [0.05, 0.1) is 12.7 Å². The van der Waals surface area contributed by atoms with Crippen molar-refractivity contribution in [3.05, 3.63) is 29.8 Å². The van der Waals surface area contributed by atoms with Crippen LogP contribution in [0.2, 0.25) is 0 Å². The molecule has 2 unspecified atom stereocenters. The highest BCUT2D eigenvalue weighted by molar-refractivity contribution is 5.94. The second kappa shape index (κ2) is 7.29. The molecule has 1 amide bonds. The van der Waals surface area contributed by atoms with Gasteiger partial charge in [-0.1, -0.05) is 13.0 Å². The zero-order chi connectivity index (χ0) is 14.4. The Morgan fingerprint density at radius 1 is 1.45 bits per heavy atom. The van der Waals surface area contributed by atoms with Gasteiger partial charge in [-0.15, -0.1) is 0 Å². The molecular weight excluding hydrogens is 254 g/mol. The second-order valence-corrected chi connectivity index (χ2v) is 5.42. The minimum Gasteiger partial charge on any atom is -0.494 e. The third-order valence-electron chi connectivity index (χ3n) is 3.63. The predicted octanol–water partition coefficient (Wildman–Crippen LogP) is 2.37. The van der Waals surface area contributed by atoms with E-state index in [1.165, 1.54) is 0 Å². The van der Waals surface area contributed by atoms with Crippen LogP contribution >= 0.6 is 0 Å². The normalized spacial score (nSPS) is 21.7. The number of rotatable bonds is 6. The molecule has 0 heterocycles. The first kappa shape index (κ1) is 14.9. The van der Waals surface area contributed by atoms with Gasteiger partial charge in [-0.25, -0.2) is 0 Å². The molecule has 2 rings (SSSR count). The Morgan fingerprint density at radius 2 is 2.30 bits per heavy atom. The van der Waals surface area contributed by atoms with Crippen LogP contribution in [0.4, 0.5) is 0 Å². The number of aliphatic hydroxyl groups excluding tert-OH is 1. The summed E-state index contributed by atoms with van der Waals surface area (Å²) in [5.74, 6) is 1.05. The van der Waals surface area contributed by atoms with Crippen molar-refractivity contribution in [1.82, 2.24) is 5.32 Å². The number of aliphatic hydroxyl groups is 1. The maximum Gasteiger partial charge on any atom is 0.251 e. The van der Waals surface area contributed by atoms with Crippen molar-refractivity contribution < 1.29 is 14.6 Å². The molecule has 0 bridgehead atoms. The van der Waals surface area contributed by atoms with Crippen LogP contribution in [0, 0.1) is 5.92 Å². The van der Waals surface area contributed by atoms with Crippen molar-refractivity contribution in [2.75, 3.05) is 13.2 Å². The Balaban J connectivity index is 1.85. The molecule has 4 heteroatoms. The Hall–Kier alpha value is -1.55. The minimum atomic E-state index is -0.192. The molecule has 1 aliphatic rings. The average Bonchev–Trinajstić information content (AvgIpc) is 2.88. The van der Waals surface area contributed by atoms with Crippen LogP contribution in [0.15, 0.2) is 24.3 Å². The number of hydrogen-bond acceptors (Lipinski definition) is 3. The van der Waals surface area contributed by atoms with E-state index in [0.717, 1.165) is 31.4 Å². The van der Waals surface area contributed by atoms with E-state index in [2.05, 4.69) is 5.32 Å². The Bertz CT molecular complexity index is 447. The van der Waals surface area contributed by atoms with Crippen LogP contribution < -0.4 is 10.1 Å². The molecule has 4 nitrogen and oxygen atoms in total. The minimum absolute atomic E-state index is 0.0756. The van der Waals surface area contributed by atoms with Gasteiger partial charge >= 0.3 is 0 Å². The van der Waals surface area contributed by atoms with E-state index in [1.54, 1.807) is 12.1 Å². The third-order valence-corrected chi connectivity index (χ3v) is 3.63. The highest BCUT2D eigenvalue weighted by atomic mass is 16.5. The monoisotopic (exact) mass is 277 g/mol. The topological polar surface area (TPSA) is 58.6 Å². The number of carbonyl (C=O) groups is 1. The van der Waals surface area contributed by atoms with Crippen LogP contribution in [-0.4, -0.2) is 30.3 Å². The summed E-state index contributed by atoms with van der Waals surface area (Å²) in [5, 5.41) is 12.4. The van der Waals surface area contributed by atoms with Crippen molar-refractivity contribution in [2.24, 2.45) is 5.92 Å². The molecule has 1 fully saturated rings. The van der Waals surface area contributed by atoms with Crippen LogP contribution in [0.25, 0.3) is 0 Å². The fourth-order valence-electron chi connectivity index (χ4n) is 2.52. The molecule has 2 N–H and O–H groups in total.